The molecule has 0 atom stereocenters. The fourth-order valence-electron chi connectivity index (χ4n) is 3.00. The summed E-state index contributed by atoms with van der Waals surface area (Å²) >= 11 is 1.75. The van der Waals surface area contributed by atoms with Crippen LogP contribution in [0.1, 0.15) is 57.8 Å². The molecule has 2 heterocycles. The largest absolute Gasteiger partial charge is 0.492 e. The molecule has 2 amide bonds. The van der Waals surface area contributed by atoms with Crippen LogP contribution < -0.4 is 15.4 Å². The van der Waals surface area contributed by atoms with Crippen LogP contribution in [0, 0.1) is 0 Å². The van der Waals surface area contributed by atoms with Crippen molar-refractivity contribution in [2.24, 2.45) is 0 Å². The zero-order chi connectivity index (χ0) is 21.8. The van der Waals surface area contributed by atoms with Gasteiger partial charge in [0, 0.05) is 36.2 Å². The Hall–Kier alpha value is -2.06. The first kappa shape index (κ1) is 24.2. The maximum absolute atomic E-state index is 11.7. The molecule has 30 heavy (non-hydrogen) atoms. The first-order valence-electron chi connectivity index (χ1n) is 10.7. The van der Waals surface area contributed by atoms with Gasteiger partial charge < -0.3 is 20.1 Å². The fourth-order valence-corrected chi connectivity index (χ4v) is 3.85. The fraction of sp³-hybridized carbons (Fsp3) is 0.636. The molecule has 0 aliphatic carbocycles. The molecule has 7 nitrogen and oxygen atoms in total. The topological polar surface area (TPSA) is 79.9 Å². The third kappa shape index (κ3) is 10.6. The molecule has 1 fully saturated rings. The zero-order valence-electron chi connectivity index (χ0n) is 18.4. The monoisotopic (exact) mass is 437 g/mol. The van der Waals surface area contributed by atoms with Gasteiger partial charge in [0.25, 0.3) is 0 Å². The number of amides is 2. The summed E-state index contributed by atoms with van der Waals surface area (Å²) in [5, 5.41) is 7.30. The van der Waals surface area contributed by atoms with E-state index in [1.807, 2.05) is 6.08 Å². The lowest BCUT2D eigenvalue weighted by molar-refractivity contribution is -0.120. The van der Waals surface area contributed by atoms with Gasteiger partial charge >= 0.3 is 6.09 Å². The number of carbonyl (C=O) groups is 2. The van der Waals surface area contributed by atoms with Crippen LogP contribution in [0.5, 0.6) is 5.75 Å². The number of ether oxygens (including phenoxy) is 2. The van der Waals surface area contributed by atoms with Gasteiger partial charge in [-0.2, -0.15) is 0 Å². The van der Waals surface area contributed by atoms with E-state index in [2.05, 4.69) is 27.0 Å². The molecule has 0 unspecified atom stereocenters. The smallest absolute Gasteiger partial charge is 0.407 e. The number of rotatable bonds is 10. The van der Waals surface area contributed by atoms with Crippen molar-refractivity contribution in [1.29, 1.82) is 0 Å². The first-order chi connectivity index (χ1) is 14.3. The molecule has 2 rings (SSSR count). The second-order valence-corrected chi connectivity index (χ2v) is 9.37. The molecule has 0 spiro atoms. The molecular weight excluding hydrogens is 402 g/mol. The van der Waals surface area contributed by atoms with Crippen molar-refractivity contribution in [3.8, 4) is 5.75 Å². The predicted octanol–water partition coefficient (Wildman–Crippen LogP) is 4.05. The molecule has 1 aromatic heterocycles. The van der Waals surface area contributed by atoms with E-state index in [0.717, 1.165) is 12.3 Å². The van der Waals surface area contributed by atoms with Gasteiger partial charge in [-0.05, 0) is 59.0 Å². The summed E-state index contributed by atoms with van der Waals surface area (Å²) in [4.78, 5) is 27.1. The maximum Gasteiger partial charge on any atom is 0.407 e. The number of nitrogens with zero attached hydrogens (tertiary/aromatic N) is 1. The Kier molecular flexibility index (Phi) is 10.2. The summed E-state index contributed by atoms with van der Waals surface area (Å²) in [7, 11) is 0. The minimum atomic E-state index is -0.547. The Balaban J connectivity index is 1.52. The van der Waals surface area contributed by atoms with Crippen LogP contribution in [0.2, 0.25) is 0 Å². The third-order valence-corrected chi connectivity index (χ3v) is 5.29. The molecule has 1 aliphatic rings. The number of carbonyl (C=O) groups excluding carboxylic acids is 2. The van der Waals surface area contributed by atoms with Crippen molar-refractivity contribution in [3.05, 3.63) is 28.6 Å². The number of piperidine rings is 1. The molecular formula is C22H35N3O4S. The summed E-state index contributed by atoms with van der Waals surface area (Å²) in [6.07, 6.45) is 7.81. The van der Waals surface area contributed by atoms with E-state index < -0.39 is 11.7 Å². The second-order valence-electron chi connectivity index (χ2n) is 8.37. The van der Waals surface area contributed by atoms with Crippen LogP contribution in [-0.2, 0) is 16.1 Å². The molecule has 8 heteroatoms. The molecule has 0 aromatic carbocycles. The van der Waals surface area contributed by atoms with Crippen molar-refractivity contribution in [2.75, 3.05) is 26.2 Å². The van der Waals surface area contributed by atoms with Crippen LogP contribution >= 0.6 is 11.3 Å². The number of thiophene rings is 1. The minimum Gasteiger partial charge on any atom is -0.492 e. The minimum absolute atomic E-state index is 0.164. The Morgan fingerprint density at radius 3 is 2.73 bits per heavy atom. The van der Waals surface area contributed by atoms with E-state index in [1.165, 1.54) is 37.2 Å². The van der Waals surface area contributed by atoms with E-state index in [0.29, 0.717) is 13.0 Å². The Morgan fingerprint density at radius 1 is 1.23 bits per heavy atom. The molecule has 0 saturated carbocycles. The zero-order valence-corrected chi connectivity index (χ0v) is 19.2. The van der Waals surface area contributed by atoms with Crippen LogP contribution in [0.25, 0.3) is 0 Å². The van der Waals surface area contributed by atoms with E-state index >= 15 is 0 Å². The molecule has 168 valence electrons. The van der Waals surface area contributed by atoms with Crippen molar-refractivity contribution >= 4 is 23.3 Å². The highest BCUT2D eigenvalue weighted by molar-refractivity contribution is 7.10. The lowest BCUT2D eigenvalue weighted by Gasteiger charge is -2.25. The number of alkyl carbamates (subject to hydrolysis) is 1. The van der Waals surface area contributed by atoms with Gasteiger partial charge in [-0.1, -0.05) is 12.5 Å². The van der Waals surface area contributed by atoms with Crippen LogP contribution in [0.4, 0.5) is 4.79 Å². The van der Waals surface area contributed by atoms with Crippen molar-refractivity contribution < 1.29 is 19.1 Å². The molecule has 1 saturated heterocycles. The number of likely N-dealkylation sites (tertiary alicyclic amines) is 1. The summed E-state index contributed by atoms with van der Waals surface area (Å²) in [6, 6.07) is 2.13. The Bertz CT molecular complexity index is 691. The Labute approximate surface area is 183 Å². The summed E-state index contributed by atoms with van der Waals surface area (Å²) in [5.74, 6) is 0.751. The van der Waals surface area contributed by atoms with Crippen LogP contribution in [0.3, 0.4) is 0 Å². The standard InChI is InChI=1S/C22H35N3O4S/c1-22(2,3)29-21(27)24-11-9-20(26)23-10-5-8-14-28-18-15-19(30-17-18)16-25-12-6-4-7-13-25/h5,10,15,17H,4,6-9,11-14,16H2,1-3H3,(H,23,26)(H,24,27)/b10-5-. The third-order valence-electron chi connectivity index (χ3n) is 4.39. The van der Waals surface area contributed by atoms with Crippen LogP contribution in [-0.4, -0.2) is 48.7 Å². The first-order valence-corrected chi connectivity index (χ1v) is 11.5. The normalized spacial score (nSPS) is 15.2. The van der Waals surface area contributed by atoms with Gasteiger partial charge in [-0.15, -0.1) is 11.3 Å². The number of nitrogens with one attached hydrogen (secondary N) is 2. The van der Waals surface area contributed by atoms with Gasteiger partial charge in [-0.3, -0.25) is 9.69 Å². The van der Waals surface area contributed by atoms with Gasteiger partial charge in [0.1, 0.15) is 11.4 Å². The Morgan fingerprint density at radius 2 is 2.00 bits per heavy atom. The summed E-state index contributed by atoms with van der Waals surface area (Å²) in [6.45, 7) is 9.58. The molecule has 0 radical (unpaired) electrons. The summed E-state index contributed by atoms with van der Waals surface area (Å²) < 4.78 is 10.9. The van der Waals surface area contributed by atoms with Crippen LogP contribution in [0.15, 0.2) is 23.7 Å². The van der Waals surface area contributed by atoms with E-state index in [4.69, 9.17) is 9.47 Å². The van der Waals surface area contributed by atoms with E-state index in [-0.39, 0.29) is 18.9 Å². The van der Waals surface area contributed by atoms with Crippen molar-refractivity contribution in [3.63, 3.8) is 0 Å². The van der Waals surface area contributed by atoms with Gasteiger partial charge in [0.05, 0.1) is 6.61 Å². The van der Waals surface area contributed by atoms with Crippen molar-refractivity contribution in [1.82, 2.24) is 15.5 Å². The van der Waals surface area contributed by atoms with E-state index in [9.17, 15) is 9.59 Å². The number of hydrogen-bond acceptors (Lipinski definition) is 6. The lowest BCUT2D eigenvalue weighted by Crippen LogP contribution is -2.34. The molecule has 1 aliphatic heterocycles. The molecule has 1 aromatic rings. The van der Waals surface area contributed by atoms with Gasteiger partial charge in [0.2, 0.25) is 5.91 Å². The lowest BCUT2D eigenvalue weighted by atomic mass is 10.1. The highest BCUT2D eigenvalue weighted by atomic mass is 32.1. The highest BCUT2D eigenvalue weighted by Gasteiger charge is 2.15. The van der Waals surface area contributed by atoms with Crippen molar-refractivity contribution in [2.45, 2.75) is 65.0 Å². The van der Waals surface area contributed by atoms with Gasteiger partial charge in [-0.25, -0.2) is 4.79 Å². The number of hydrogen-bond donors (Lipinski definition) is 2. The quantitative estimate of drug-likeness (QED) is 0.540. The molecule has 2 N–H and O–H groups in total. The van der Waals surface area contributed by atoms with Gasteiger partial charge in [0.15, 0.2) is 0 Å². The second kappa shape index (κ2) is 12.6. The van der Waals surface area contributed by atoms with E-state index in [1.54, 1.807) is 38.3 Å². The molecule has 0 bridgehead atoms. The average molecular weight is 438 g/mol. The predicted molar refractivity (Wildman–Crippen MR) is 120 cm³/mol. The average Bonchev–Trinajstić information content (AvgIpc) is 3.11. The highest BCUT2D eigenvalue weighted by Crippen LogP contribution is 2.24. The summed E-state index contributed by atoms with van der Waals surface area (Å²) in [5.41, 5.74) is -0.547. The SMILES string of the molecule is CC(C)(C)OC(=O)NCCC(=O)N/C=C\CCOc1csc(CN2CCCCC2)c1. The maximum atomic E-state index is 11.7.